The van der Waals surface area contributed by atoms with Gasteiger partial charge < -0.3 is 10.1 Å². The zero-order valence-electron chi connectivity index (χ0n) is 8.14. The van der Waals surface area contributed by atoms with Crippen LogP contribution in [0, 0.1) is 0 Å². The lowest BCUT2D eigenvalue weighted by Gasteiger charge is -2.14. The largest absolute Gasteiger partial charge is 0.476 e. The molecular formula is C10H13ClN2O2. The number of imidazole rings is 1. The van der Waals surface area contributed by atoms with Crippen molar-refractivity contribution in [2.75, 3.05) is 0 Å². The van der Waals surface area contributed by atoms with Gasteiger partial charge in [-0.25, -0.2) is 9.78 Å². The van der Waals surface area contributed by atoms with Gasteiger partial charge in [0.2, 0.25) is 0 Å². The molecule has 1 aliphatic rings. The molecule has 82 valence electrons. The van der Waals surface area contributed by atoms with Crippen LogP contribution in [-0.4, -0.2) is 21.0 Å². The normalized spacial score (nSPS) is 19.6. The topological polar surface area (TPSA) is 66.0 Å². The quantitative estimate of drug-likeness (QED) is 0.764. The third kappa shape index (κ3) is 2.39. The van der Waals surface area contributed by atoms with Gasteiger partial charge in [-0.05, 0) is 19.3 Å². The van der Waals surface area contributed by atoms with Crippen molar-refractivity contribution >= 4 is 18.4 Å². The van der Waals surface area contributed by atoms with Crippen molar-refractivity contribution in [1.29, 1.82) is 0 Å². The average molecular weight is 229 g/mol. The van der Waals surface area contributed by atoms with Crippen molar-refractivity contribution in [2.45, 2.75) is 25.2 Å². The second-order valence-electron chi connectivity index (χ2n) is 3.44. The molecule has 2 N–H and O–H groups in total. The van der Waals surface area contributed by atoms with Gasteiger partial charge in [0.1, 0.15) is 0 Å². The summed E-state index contributed by atoms with van der Waals surface area (Å²) in [5.74, 6) is -0.766. The predicted molar refractivity (Wildman–Crippen MR) is 58.5 cm³/mol. The van der Waals surface area contributed by atoms with Crippen molar-refractivity contribution in [3.63, 3.8) is 0 Å². The second kappa shape index (κ2) is 4.98. The van der Waals surface area contributed by atoms with Crippen LogP contribution in [0.3, 0.4) is 0 Å². The predicted octanol–water partition coefficient (Wildman–Crippen LogP) is 2.35. The average Bonchev–Trinajstić information content (AvgIpc) is 2.67. The lowest BCUT2D eigenvalue weighted by molar-refractivity contribution is 0.0689. The summed E-state index contributed by atoms with van der Waals surface area (Å²) in [6.07, 6.45) is 8.80. The number of aromatic carboxylic acids is 1. The minimum absolute atomic E-state index is 0. The van der Waals surface area contributed by atoms with Gasteiger partial charge in [-0.1, -0.05) is 12.2 Å². The summed E-state index contributed by atoms with van der Waals surface area (Å²) in [6.45, 7) is 0. The number of nitrogens with one attached hydrogen (secondary N) is 1. The van der Waals surface area contributed by atoms with Crippen molar-refractivity contribution in [2.24, 2.45) is 0 Å². The first-order chi connectivity index (χ1) is 6.79. The molecule has 0 spiro atoms. The Morgan fingerprint density at radius 1 is 1.60 bits per heavy atom. The summed E-state index contributed by atoms with van der Waals surface area (Å²) < 4.78 is 0. The number of carboxylic acid groups (broad SMARTS) is 1. The van der Waals surface area contributed by atoms with E-state index >= 15 is 0 Å². The maximum absolute atomic E-state index is 10.8. The molecular weight excluding hydrogens is 216 g/mol. The molecule has 1 aromatic rings. The summed E-state index contributed by atoms with van der Waals surface area (Å²) in [7, 11) is 0. The highest BCUT2D eigenvalue weighted by Crippen LogP contribution is 2.27. The van der Waals surface area contributed by atoms with E-state index in [0.717, 1.165) is 25.0 Å². The standard InChI is InChI=1S/C10H12N2O2.ClH/c13-10(14)9-8(11-6-12-9)7-4-2-1-3-5-7;/h2,4,6-7H,1,3,5H2,(H,11,12)(H,13,14);1H. The van der Waals surface area contributed by atoms with E-state index < -0.39 is 5.97 Å². The Hall–Kier alpha value is -1.29. The van der Waals surface area contributed by atoms with Gasteiger partial charge >= 0.3 is 5.97 Å². The Bertz CT molecular complexity index is 373. The van der Waals surface area contributed by atoms with Gasteiger partial charge in [-0.2, -0.15) is 0 Å². The summed E-state index contributed by atoms with van der Waals surface area (Å²) in [5, 5.41) is 8.88. The lowest BCUT2D eigenvalue weighted by atomic mass is 9.92. The minimum atomic E-state index is -0.958. The zero-order chi connectivity index (χ0) is 9.97. The number of carbonyl (C=O) groups is 1. The van der Waals surface area contributed by atoms with Crippen molar-refractivity contribution in [3.05, 3.63) is 29.9 Å². The van der Waals surface area contributed by atoms with E-state index in [4.69, 9.17) is 5.11 Å². The van der Waals surface area contributed by atoms with Crippen LogP contribution < -0.4 is 0 Å². The van der Waals surface area contributed by atoms with E-state index in [0.29, 0.717) is 0 Å². The third-order valence-electron chi connectivity index (χ3n) is 2.50. The van der Waals surface area contributed by atoms with E-state index in [9.17, 15) is 4.79 Å². The second-order valence-corrected chi connectivity index (χ2v) is 3.44. The van der Waals surface area contributed by atoms with Crippen molar-refractivity contribution in [3.8, 4) is 0 Å². The maximum Gasteiger partial charge on any atom is 0.356 e. The highest BCUT2D eigenvalue weighted by molar-refractivity contribution is 5.86. The number of carboxylic acids is 1. The maximum atomic E-state index is 10.8. The first kappa shape index (κ1) is 11.8. The molecule has 2 rings (SSSR count). The number of aromatic nitrogens is 2. The van der Waals surface area contributed by atoms with E-state index in [-0.39, 0.29) is 24.0 Å². The fourth-order valence-corrected chi connectivity index (χ4v) is 1.81. The summed E-state index contributed by atoms with van der Waals surface area (Å²) in [4.78, 5) is 17.5. The monoisotopic (exact) mass is 228 g/mol. The van der Waals surface area contributed by atoms with Crippen molar-refractivity contribution < 1.29 is 9.90 Å². The van der Waals surface area contributed by atoms with Gasteiger partial charge in [0.15, 0.2) is 5.69 Å². The lowest BCUT2D eigenvalue weighted by Crippen LogP contribution is -2.07. The Balaban J connectivity index is 0.00000112. The van der Waals surface area contributed by atoms with Gasteiger partial charge in [-0.15, -0.1) is 12.4 Å². The molecule has 0 saturated carbocycles. The molecule has 1 unspecified atom stereocenters. The molecule has 1 atom stereocenters. The first-order valence-electron chi connectivity index (χ1n) is 4.72. The molecule has 0 aliphatic heterocycles. The summed E-state index contributed by atoms with van der Waals surface area (Å²) >= 11 is 0. The van der Waals surface area contributed by atoms with E-state index in [1.54, 1.807) is 0 Å². The molecule has 0 bridgehead atoms. The fraction of sp³-hybridized carbons (Fsp3) is 0.400. The van der Waals surface area contributed by atoms with Crippen LogP contribution in [0.15, 0.2) is 18.5 Å². The Morgan fingerprint density at radius 3 is 3.00 bits per heavy atom. The highest BCUT2D eigenvalue weighted by Gasteiger charge is 2.20. The molecule has 0 amide bonds. The molecule has 1 aliphatic carbocycles. The number of nitrogens with zero attached hydrogens (tertiary/aromatic N) is 1. The zero-order valence-corrected chi connectivity index (χ0v) is 8.96. The Kier molecular flexibility index (Phi) is 3.91. The Labute approximate surface area is 93.8 Å². The van der Waals surface area contributed by atoms with Crippen LogP contribution in [-0.2, 0) is 0 Å². The summed E-state index contributed by atoms with van der Waals surface area (Å²) in [6, 6.07) is 0. The molecule has 1 aromatic heterocycles. The van der Waals surface area contributed by atoms with Crippen LogP contribution in [0.5, 0.6) is 0 Å². The number of rotatable bonds is 2. The smallest absolute Gasteiger partial charge is 0.356 e. The van der Waals surface area contributed by atoms with Crippen LogP contribution in [0.4, 0.5) is 0 Å². The van der Waals surface area contributed by atoms with E-state index in [2.05, 4.69) is 22.1 Å². The van der Waals surface area contributed by atoms with Crippen LogP contribution in [0.25, 0.3) is 0 Å². The molecule has 15 heavy (non-hydrogen) atoms. The Morgan fingerprint density at radius 2 is 2.40 bits per heavy atom. The van der Waals surface area contributed by atoms with Crippen LogP contribution in [0.1, 0.15) is 41.4 Å². The molecule has 0 saturated heterocycles. The minimum Gasteiger partial charge on any atom is -0.476 e. The molecule has 5 heteroatoms. The number of allylic oxidation sites excluding steroid dienone is 2. The van der Waals surface area contributed by atoms with Crippen LogP contribution >= 0.6 is 12.4 Å². The third-order valence-corrected chi connectivity index (χ3v) is 2.50. The van der Waals surface area contributed by atoms with Gasteiger partial charge in [0.25, 0.3) is 0 Å². The highest BCUT2D eigenvalue weighted by atomic mass is 35.5. The van der Waals surface area contributed by atoms with Gasteiger partial charge in [0, 0.05) is 5.92 Å². The van der Waals surface area contributed by atoms with Gasteiger partial charge in [0.05, 0.1) is 12.0 Å². The molecule has 4 nitrogen and oxygen atoms in total. The van der Waals surface area contributed by atoms with E-state index in [1.807, 2.05) is 0 Å². The number of hydrogen-bond acceptors (Lipinski definition) is 2. The molecule has 0 fully saturated rings. The fourth-order valence-electron chi connectivity index (χ4n) is 1.81. The first-order valence-corrected chi connectivity index (χ1v) is 4.72. The van der Waals surface area contributed by atoms with E-state index in [1.165, 1.54) is 6.33 Å². The molecule has 1 heterocycles. The molecule has 0 radical (unpaired) electrons. The van der Waals surface area contributed by atoms with Crippen molar-refractivity contribution in [1.82, 2.24) is 9.97 Å². The van der Waals surface area contributed by atoms with Crippen LogP contribution in [0.2, 0.25) is 0 Å². The molecule has 0 aromatic carbocycles. The number of H-pyrrole nitrogens is 1. The number of hydrogen-bond donors (Lipinski definition) is 2. The number of halogens is 1. The SMILES string of the molecule is Cl.O=C(O)c1nc[nH]c1C1C=CCCC1. The number of aromatic amines is 1. The summed E-state index contributed by atoms with van der Waals surface area (Å²) in [5.41, 5.74) is 0.884. The van der Waals surface area contributed by atoms with Gasteiger partial charge in [-0.3, -0.25) is 0 Å².